The highest BCUT2D eigenvalue weighted by Crippen LogP contribution is 2.03. The van der Waals surface area contributed by atoms with Crippen molar-refractivity contribution in [1.29, 1.82) is 5.26 Å². The molecule has 80 valence electrons. The van der Waals surface area contributed by atoms with Gasteiger partial charge in [-0.1, -0.05) is 13.3 Å². The second-order valence-electron chi connectivity index (χ2n) is 3.94. The summed E-state index contributed by atoms with van der Waals surface area (Å²) in [7, 11) is 0. The quantitative estimate of drug-likeness (QED) is 0.663. The van der Waals surface area contributed by atoms with Crippen LogP contribution < -0.4 is 0 Å². The molecule has 3 heteroatoms. The number of nitrogens with zero attached hydrogens (tertiary/aromatic N) is 3. The van der Waals surface area contributed by atoms with Crippen molar-refractivity contribution in [3.63, 3.8) is 0 Å². The van der Waals surface area contributed by atoms with Gasteiger partial charge in [-0.3, -0.25) is 4.90 Å². The average molecular weight is 195 g/mol. The maximum Gasteiger partial charge on any atom is 0.0635 e. The molecular weight excluding hydrogens is 174 g/mol. The van der Waals surface area contributed by atoms with Crippen molar-refractivity contribution in [2.24, 2.45) is 0 Å². The molecule has 3 nitrogen and oxygen atoms in total. The molecule has 0 atom stereocenters. The lowest BCUT2D eigenvalue weighted by molar-refractivity contribution is 0.133. The van der Waals surface area contributed by atoms with Gasteiger partial charge in [-0.05, 0) is 13.0 Å². The number of hydrogen-bond donors (Lipinski definition) is 0. The van der Waals surface area contributed by atoms with Gasteiger partial charge < -0.3 is 4.90 Å². The fourth-order valence-corrected chi connectivity index (χ4v) is 1.83. The van der Waals surface area contributed by atoms with Crippen LogP contribution in [0, 0.1) is 11.3 Å². The molecule has 0 aliphatic carbocycles. The van der Waals surface area contributed by atoms with Crippen molar-refractivity contribution in [1.82, 2.24) is 9.80 Å². The SMILES string of the molecule is CCCCN1CCN(CCC#N)CC1. The van der Waals surface area contributed by atoms with Crippen LogP contribution in [-0.2, 0) is 0 Å². The predicted octanol–water partition coefficient (Wildman–Crippen LogP) is 1.32. The molecule has 1 rings (SSSR count). The van der Waals surface area contributed by atoms with Gasteiger partial charge in [-0.25, -0.2) is 0 Å². The van der Waals surface area contributed by atoms with Crippen molar-refractivity contribution in [3.8, 4) is 6.07 Å². The molecule has 1 aliphatic heterocycles. The summed E-state index contributed by atoms with van der Waals surface area (Å²) in [6.07, 6.45) is 3.28. The third-order valence-electron chi connectivity index (χ3n) is 2.83. The van der Waals surface area contributed by atoms with Gasteiger partial charge in [0.15, 0.2) is 0 Å². The lowest BCUT2D eigenvalue weighted by Crippen LogP contribution is -2.46. The molecule has 14 heavy (non-hydrogen) atoms. The van der Waals surface area contributed by atoms with Gasteiger partial charge in [-0.2, -0.15) is 5.26 Å². The summed E-state index contributed by atoms with van der Waals surface area (Å²) in [6.45, 7) is 9.11. The van der Waals surface area contributed by atoms with Gasteiger partial charge in [0.2, 0.25) is 0 Å². The zero-order chi connectivity index (χ0) is 10.2. The van der Waals surface area contributed by atoms with E-state index < -0.39 is 0 Å². The van der Waals surface area contributed by atoms with Crippen molar-refractivity contribution in [2.75, 3.05) is 39.3 Å². The Balaban J connectivity index is 2.09. The van der Waals surface area contributed by atoms with E-state index in [0.29, 0.717) is 6.42 Å². The van der Waals surface area contributed by atoms with E-state index in [1.54, 1.807) is 0 Å². The first-order valence-corrected chi connectivity index (χ1v) is 5.68. The molecule has 0 amide bonds. The van der Waals surface area contributed by atoms with Crippen LogP contribution in [0.1, 0.15) is 26.2 Å². The molecule has 1 fully saturated rings. The third kappa shape index (κ3) is 4.08. The molecule has 0 bridgehead atoms. The number of hydrogen-bond acceptors (Lipinski definition) is 3. The normalized spacial score (nSPS) is 19.4. The largest absolute Gasteiger partial charge is 0.301 e. The van der Waals surface area contributed by atoms with Gasteiger partial charge in [0.05, 0.1) is 6.07 Å². The Labute approximate surface area is 87.3 Å². The monoisotopic (exact) mass is 195 g/mol. The summed E-state index contributed by atoms with van der Waals surface area (Å²) in [5, 5.41) is 8.48. The Morgan fingerprint density at radius 3 is 2.14 bits per heavy atom. The Bertz CT molecular complexity index is 177. The minimum Gasteiger partial charge on any atom is -0.301 e. The summed E-state index contributed by atoms with van der Waals surface area (Å²) in [5.74, 6) is 0. The van der Waals surface area contributed by atoms with E-state index in [0.717, 1.165) is 19.6 Å². The molecule has 0 saturated carbocycles. The zero-order valence-corrected chi connectivity index (χ0v) is 9.21. The van der Waals surface area contributed by atoms with Crippen LogP contribution in [0.15, 0.2) is 0 Å². The van der Waals surface area contributed by atoms with Crippen LogP contribution in [0.25, 0.3) is 0 Å². The van der Waals surface area contributed by atoms with Gasteiger partial charge in [0.1, 0.15) is 0 Å². The predicted molar refractivity (Wildman–Crippen MR) is 58.0 cm³/mol. The number of rotatable bonds is 5. The summed E-state index contributed by atoms with van der Waals surface area (Å²) >= 11 is 0. The average Bonchev–Trinajstić information content (AvgIpc) is 2.25. The first-order valence-electron chi connectivity index (χ1n) is 5.68. The molecule has 0 aromatic heterocycles. The van der Waals surface area contributed by atoms with Crippen LogP contribution in [-0.4, -0.2) is 49.1 Å². The van der Waals surface area contributed by atoms with E-state index in [1.165, 1.54) is 32.5 Å². The highest BCUT2D eigenvalue weighted by Gasteiger charge is 2.15. The number of unbranched alkanes of at least 4 members (excludes halogenated alkanes) is 1. The molecule has 0 N–H and O–H groups in total. The molecule has 0 unspecified atom stereocenters. The second-order valence-corrected chi connectivity index (χ2v) is 3.94. The van der Waals surface area contributed by atoms with Crippen LogP contribution in [0.4, 0.5) is 0 Å². The molecule has 1 heterocycles. The van der Waals surface area contributed by atoms with Crippen LogP contribution in [0.3, 0.4) is 0 Å². The van der Waals surface area contributed by atoms with E-state index in [9.17, 15) is 0 Å². The maximum absolute atomic E-state index is 8.48. The number of piperazine rings is 1. The molecule has 0 aromatic carbocycles. The van der Waals surface area contributed by atoms with Crippen molar-refractivity contribution < 1.29 is 0 Å². The van der Waals surface area contributed by atoms with Crippen molar-refractivity contribution in [3.05, 3.63) is 0 Å². The molecule has 1 saturated heterocycles. The summed E-state index contributed by atoms with van der Waals surface area (Å²) in [5.41, 5.74) is 0. The smallest absolute Gasteiger partial charge is 0.0635 e. The third-order valence-corrected chi connectivity index (χ3v) is 2.83. The first kappa shape index (κ1) is 11.5. The maximum atomic E-state index is 8.48. The van der Waals surface area contributed by atoms with Gasteiger partial charge in [0.25, 0.3) is 0 Å². The lowest BCUT2D eigenvalue weighted by Gasteiger charge is -2.34. The van der Waals surface area contributed by atoms with E-state index >= 15 is 0 Å². The minimum absolute atomic E-state index is 0.676. The topological polar surface area (TPSA) is 30.3 Å². The van der Waals surface area contributed by atoms with E-state index in [4.69, 9.17) is 5.26 Å². The van der Waals surface area contributed by atoms with Crippen molar-refractivity contribution in [2.45, 2.75) is 26.2 Å². The Hall–Kier alpha value is -0.590. The van der Waals surface area contributed by atoms with E-state index in [-0.39, 0.29) is 0 Å². The first-order chi connectivity index (χ1) is 6.86. The van der Waals surface area contributed by atoms with Gasteiger partial charge >= 0.3 is 0 Å². The van der Waals surface area contributed by atoms with Crippen molar-refractivity contribution >= 4 is 0 Å². The number of nitriles is 1. The highest BCUT2D eigenvalue weighted by molar-refractivity contribution is 4.76. The fourth-order valence-electron chi connectivity index (χ4n) is 1.83. The Morgan fingerprint density at radius 1 is 1.07 bits per heavy atom. The summed E-state index contributed by atoms with van der Waals surface area (Å²) in [6, 6.07) is 2.21. The Kier molecular flexibility index (Phi) is 5.58. The highest BCUT2D eigenvalue weighted by atomic mass is 15.3. The lowest BCUT2D eigenvalue weighted by atomic mass is 10.2. The fraction of sp³-hybridized carbons (Fsp3) is 0.909. The Morgan fingerprint density at radius 2 is 1.64 bits per heavy atom. The standard InChI is InChI=1S/C11H21N3/c1-2-3-6-13-8-10-14(11-9-13)7-4-5-12/h2-4,6-11H2,1H3. The molecule has 0 aromatic rings. The van der Waals surface area contributed by atoms with E-state index in [1.807, 2.05) is 0 Å². The zero-order valence-electron chi connectivity index (χ0n) is 9.21. The second kappa shape index (κ2) is 6.80. The van der Waals surface area contributed by atoms with Crippen LogP contribution >= 0.6 is 0 Å². The molecular formula is C11H21N3. The summed E-state index contributed by atoms with van der Waals surface area (Å²) in [4.78, 5) is 4.93. The van der Waals surface area contributed by atoms with Crippen LogP contribution in [0.2, 0.25) is 0 Å². The van der Waals surface area contributed by atoms with Gasteiger partial charge in [-0.15, -0.1) is 0 Å². The van der Waals surface area contributed by atoms with E-state index in [2.05, 4.69) is 22.8 Å². The summed E-state index contributed by atoms with van der Waals surface area (Å²) < 4.78 is 0. The minimum atomic E-state index is 0.676. The van der Waals surface area contributed by atoms with Gasteiger partial charge in [0, 0.05) is 39.1 Å². The molecule has 0 radical (unpaired) electrons. The van der Waals surface area contributed by atoms with Crippen LogP contribution in [0.5, 0.6) is 0 Å². The molecule has 0 spiro atoms. The molecule has 1 aliphatic rings.